The summed E-state index contributed by atoms with van der Waals surface area (Å²) in [6.45, 7) is 6.36. The van der Waals surface area contributed by atoms with E-state index in [-0.39, 0.29) is 11.7 Å². The summed E-state index contributed by atoms with van der Waals surface area (Å²) in [5, 5.41) is 8.70. The molecule has 9 heteroatoms. The summed E-state index contributed by atoms with van der Waals surface area (Å²) in [7, 11) is 0. The van der Waals surface area contributed by atoms with Gasteiger partial charge in [0.1, 0.15) is 6.04 Å². The maximum Gasteiger partial charge on any atom is 0.535 e. The van der Waals surface area contributed by atoms with Gasteiger partial charge in [0.05, 0.1) is 6.61 Å². The van der Waals surface area contributed by atoms with Crippen LogP contribution in [0.15, 0.2) is 29.4 Å². The quantitative estimate of drug-likeness (QED) is 0.112. The first-order chi connectivity index (χ1) is 14.4. The zero-order chi connectivity index (χ0) is 22.4. The Morgan fingerprint density at radius 1 is 1.23 bits per heavy atom. The molecule has 0 aliphatic heterocycles. The van der Waals surface area contributed by atoms with Crippen LogP contribution in [-0.4, -0.2) is 37.0 Å². The van der Waals surface area contributed by atoms with Crippen LogP contribution in [-0.2, 0) is 25.7 Å². The average molecular weight is 421 g/mol. The number of oxime groups is 1. The van der Waals surface area contributed by atoms with Crippen LogP contribution in [0.1, 0.15) is 57.6 Å². The lowest BCUT2D eigenvalue weighted by atomic mass is 10.0. The Balaban J connectivity index is 2.48. The number of hydrogen-bond acceptors (Lipinski definition) is 6. The number of nitrogens with zero attached hydrogens (tertiary/aromatic N) is 1. The highest BCUT2D eigenvalue weighted by atomic mass is 16.8. The van der Waals surface area contributed by atoms with Crippen molar-refractivity contribution >= 4 is 24.3 Å². The van der Waals surface area contributed by atoms with Crippen LogP contribution >= 0.6 is 0 Å². The third-order valence-corrected chi connectivity index (χ3v) is 4.63. The second kappa shape index (κ2) is 14.0. The number of unbranched alkanes of at least 4 members (excludes halogenated alkanes) is 1. The summed E-state index contributed by atoms with van der Waals surface area (Å²) in [6.07, 6.45) is 3.72. The van der Waals surface area contributed by atoms with Crippen molar-refractivity contribution in [3.8, 4) is 0 Å². The normalized spacial score (nSPS) is 13.1. The van der Waals surface area contributed by atoms with Crippen LogP contribution in [0.5, 0.6) is 0 Å². The number of nitrogens with one attached hydrogen (secondary N) is 2. The number of benzene rings is 1. The molecule has 9 nitrogen and oxygen atoms in total. The lowest BCUT2D eigenvalue weighted by Crippen LogP contribution is -2.41. The number of carbonyl (C=O) groups excluding carboxylic acids is 3. The first-order valence-electron chi connectivity index (χ1n) is 10.1. The second-order valence-corrected chi connectivity index (χ2v) is 6.97. The molecule has 0 saturated carbocycles. The molecule has 2 atom stereocenters. The van der Waals surface area contributed by atoms with E-state index in [9.17, 15) is 14.4 Å². The van der Waals surface area contributed by atoms with Crippen LogP contribution in [0, 0.1) is 5.92 Å². The van der Waals surface area contributed by atoms with Crippen LogP contribution in [0.2, 0.25) is 0 Å². The Morgan fingerprint density at radius 2 is 1.93 bits per heavy atom. The molecule has 30 heavy (non-hydrogen) atoms. The number of carbonyl (C=O) groups is 3. The Hall–Kier alpha value is -3.10. The third-order valence-electron chi connectivity index (χ3n) is 4.63. The molecule has 0 aliphatic carbocycles. The fourth-order valence-corrected chi connectivity index (χ4v) is 2.56. The van der Waals surface area contributed by atoms with Gasteiger partial charge < -0.3 is 21.1 Å². The van der Waals surface area contributed by atoms with Gasteiger partial charge in [0, 0.05) is 12.1 Å². The van der Waals surface area contributed by atoms with Crippen molar-refractivity contribution in [2.45, 2.75) is 59.0 Å². The highest BCUT2D eigenvalue weighted by molar-refractivity contribution is 5.97. The van der Waals surface area contributed by atoms with E-state index in [1.54, 1.807) is 31.2 Å². The van der Waals surface area contributed by atoms with Crippen molar-refractivity contribution in [1.82, 2.24) is 10.6 Å². The summed E-state index contributed by atoms with van der Waals surface area (Å²) in [5.74, 6) is 0.0487. The van der Waals surface area contributed by atoms with E-state index in [2.05, 4.69) is 29.6 Å². The summed E-state index contributed by atoms with van der Waals surface area (Å²) >= 11 is 0. The first kappa shape index (κ1) is 24.9. The van der Waals surface area contributed by atoms with Gasteiger partial charge in [0.25, 0.3) is 0 Å². The molecule has 0 saturated heterocycles. The smallest absolute Gasteiger partial charge is 0.432 e. The highest BCUT2D eigenvalue weighted by Crippen LogP contribution is 2.13. The van der Waals surface area contributed by atoms with Crippen molar-refractivity contribution in [3.05, 3.63) is 35.4 Å². The molecule has 0 aromatic heterocycles. The van der Waals surface area contributed by atoms with E-state index >= 15 is 0 Å². The maximum atomic E-state index is 11.8. The Kier molecular flexibility index (Phi) is 11.6. The van der Waals surface area contributed by atoms with E-state index in [0.29, 0.717) is 31.0 Å². The number of amidine groups is 1. The average Bonchev–Trinajstić information content (AvgIpc) is 2.76. The van der Waals surface area contributed by atoms with Gasteiger partial charge in [0.15, 0.2) is 5.84 Å². The summed E-state index contributed by atoms with van der Waals surface area (Å²) in [6, 6.07) is 6.29. The van der Waals surface area contributed by atoms with Crippen LogP contribution in [0.25, 0.3) is 0 Å². The zero-order valence-electron chi connectivity index (χ0n) is 17.8. The van der Waals surface area contributed by atoms with Gasteiger partial charge in [-0.25, -0.2) is 4.79 Å². The third kappa shape index (κ3) is 9.40. The van der Waals surface area contributed by atoms with Crippen molar-refractivity contribution < 1.29 is 24.0 Å². The van der Waals surface area contributed by atoms with Gasteiger partial charge in [-0.2, -0.15) is 0 Å². The zero-order valence-corrected chi connectivity index (χ0v) is 17.8. The number of ether oxygens (including phenoxy) is 1. The highest BCUT2D eigenvalue weighted by Gasteiger charge is 2.12. The molecule has 0 radical (unpaired) electrons. The van der Waals surface area contributed by atoms with E-state index in [4.69, 9.17) is 15.3 Å². The molecule has 2 amide bonds. The summed E-state index contributed by atoms with van der Waals surface area (Å²) in [4.78, 5) is 38.5. The van der Waals surface area contributed by atoms with Gasteiger partial charge in [0.2, 0.25) is 12.3 Å². The Morgan fingerprint density at radius 3 is 2.53 bits per heavy atom. The van der Waals surface area contributed by atoms with Crippen molar-refractivity contribution in [3.63, 3.8) is 0 Å². The Labute approximate surface area is 177 Å². The standard InChI is InChI=1S/C21H32N4O5/c1-4-6-7-16(5-2)13-29-21(28)30-25-19(22)18-10-8-17(9-11-18)12-23-20(27)15(3)24-14-26/h8-11,14-16H,4-7,12-13H2,1-3H3,(H2,22,25)(H,23,27)(H,24,26)/t15-,16?/m0/s1. The second-order valence-electron chi connectivity index (χ2n) is 6.97. The molecule has 1 aromatic rings. The number of amides is 2. The van der Waals surface area contributed by atoms with Gasteiger partial charge >= 0.3 is 6.16 Å². The van der Waals surface area contributed by atoms with E-state index in [0.717, 1.165) is 31.2 Å². The number of nitrogens with two attached hydrogens (primary N) is 1. The Bertz CT molecular complexity index is 706. The van der Waals surface area contributed by atoms with Crippen LogP contribution in [0.4, 0.5) is 4.79 Å². The van der Waals surface area contributed by atoms with Crippen molar-refractivity contribution in [2.24, 2.45) is 16.8 Å². The molecular formula is C21H32N4O5. The topological polar surface area (TPSA) is 132 Å². The van der Waals surface area contributed by atoms with Gasteiger partial charge in [-0.15, -0.1) is 0 Å². The number of hydrogen-bond donors (Lipinski definition) is 3. The molecule has 0 aliphatic rings. The van der Waals surface area contributed by atoms with Crippen LogP contribution in [0.3, 0.4) is 0 Å². The van der Waals surface area contributed by atoms with Gasteiger partial charge in [-0.3, -0.25) is 14.4 Å². The largest absolute Gasteiger partial charge is 0.535 e. The minimum absolute atomic E-state index is 0.0318. The van der Waals surface area contributed by atoms with E-state index in [1.807, 2.05) is 0 Å². The maximum absolute atomic E-state index is 11.8. The summed E-state index contributed by atoms with van der Waals surface area (Å²) in [5.41, 5.74) is 7.23. The lowest BCUT2D eigenvalue weighted by molar-refractivity contribution is -0.125. The van der Waals surface area contributed by atoms with E-state index < -0.39 is 12.2 Å². The SMILES string of the molecule is CCCCC(CC)COC(=O)O/N=C(\N)c1ccc(CNC(=O)[C@H](C)NC=O)cc1. The molecule has 1 unspecified atom stereocenters. The molecule has 0 bridgehead atoms. The first-order valence-corrected chi connectivity index (χ1v) is 10.1. The van der Waals surface area contributed by atoms with E-state index in [1.165, 1.54) is 0 Å². The lowest BCUT2D eigenvalue weighted by Gasteiger charge is -2.13. The molecule has 1 aromatic carbocycles. The molecule has 0 spiro atoms. The monoisotopic (exact) mass is 420 g/mol. The molecule has 0 heterocycles. The molecule has 4 N–H and O–H groups in total. The van der Waals surface area contributed by atoms with Gasteiger partial charge in [-0.1, -0.05) is 62.5 Å². The number of rotatable bonds is 13. The molecule has 166 valence electrons. The fraction of sp³-hybridized carbons (Fsp3) is 0.524. The molecule has 0 fully saturated rings. The predicted octanol–water partition coefficient (Wildman–Crippen LogP) is 2.43. The minimum atomic E-state index is -0.884. The molecule has 1 rings (SSSR count). The van der Waals surface area contributed by atoms with Gasteiger partial charge in [-0.05, 0) is 24.8 Å². The van der Waals surface area contributed by atoms with Crippen LogP contribution < -0.4 is 16.4 Å². The van der Waals surface area contributed by atoms with Crippen molar-refractivity contribution in [1.29, 1.82) is 0 Å². The molecular weight excluding hydrogens is 388 g/mol. The van der Waals surface area contributed by atoms with Crippen molar-refractivity contribution in [2.75, 3.05) is 6.61 Å². The fourth-order valence-electron chi connectivity index (χ4n) is 2.56. The predicted molar refractivity (Wildman–Crippen MR) is 113 cm³/mol. The summed E-state index contributed by atoms with van der Waals surface area (Å²) < 4.78 is 5.10. The minimum Gasteiger partial charge on any atom is -0.432 e.